The van der Waals surface area contributed by atoms with Crippen LogP contribution in [0.15, 0.2) is 29.2 Å². The minimum atomic E-state index is -4.21. The summed E-state index contributed by atoms with van der Waals surface area (Å²) in [5, 5.41) is 1.24. The van der Waals surface area contributed by atoms with Crippen molar-refractivity contribution in [2.24, 2.45) is 0 Å². The van der Waals surface area contributed by atoms with Crippen molar-refractivity contribution in [1.29, 1.82) is 0 Å². The highest BCUT2D eigenvalue weighted by Gasteiger charge is 2.32. The van der Waals surface area contributed by atoms with Crippen LogP contribution in [0.2, 0.25) is 5.02 Å². The molecule has 1 heterocycles. The van der Waals surface area contributed by atoms with Gasteiger partial charge in [-0.3, -0.25) is 14.5 Å². The van der Waals surface area contributed by atoms with Crippen LogP contribution in [0.3, 0.4) is 0 Å². The van der Waals surface area contributed by atoms with Crippen molar-refractivity contribution >= 4 is 32.6 Å². The van der Waals surface area contributed by atoms with Crippen LogP contribution < -0.4 is 5.32 Å². The number of hydrogen-bond acceptors (Lipinski definition) is 5. The van der Waals surface area contributed by atoms with Gasteiger partial charge in [0.25, 0.3) is 9.84 Å². The van der Waals surface area contributed by atoms with Gasteiger partial charge < -0.3 is 10.2 Å². The lowest BCUT2D eigenvalue weighted by molar-refractivity contribution is -0.131. The maximum Gasteiger partial charge on any atom is 0.341 e. The molecule has 0 atom stereocenters. The molecule has 0 bridgehead atoms. The third kappa shape index (κ3) is 4.31. The Labute approximate surface area is 151 Å². The van der Waals surface area contributed by atoms with Crippen molar-refractivity contribution < 1.29 is 18.0 Å². The zero-order valence-corrected chi connectivity index (χ0v) is 15.2. The molecule has 1 N–H and O–H groups in total. The Morgan fingerprint density at radius 2 is 1.84 bits per heavy atom. The van der Waals surface area contributed by atoms with E-state index in [1.54, 1.807) is 4.90 Å². The Hall–Kier alpha value is -1.64. The monoisotopic (exact) mass is 385 g/mol. The van der Waals surface area contributed by atoms with E-state index < -0.39 is 15.1 Å². The van der Waals surface area contributed by atoms with Crippen molar-refractivity contribution in [3.8, 4) is 0 Å². The zero-order chi connectivity index (χ0) is 18.0. The van der Waals surface area contributed by atoms with E-state index in [0.29, 0.717) is 19.1 Å². The number of nitrogens with one attached hydrogen (secondary N) is 1. The Morgan fingerprint density at radius 1 is 1.16 bits per heavy atom. The minimum absolute atomic E-state index is 0.192. The molecule has 25 heavy (non-hydrogen) atoms. The fourth-order valence-electron chi connectivity index (χ4n) is 2.87. The molecule has 2 amide bonds. The average molecular weight is 386 g/mol. The topological polar surface area (TPSA) is 86.8 Å². The average Bonchev–Trinajstić information content (AvgIpc) is 3.44. The summed E-state index contributed by atoms with van der Waals surface area (Å²) in [6.07, 6.45) is 2.46. The minimum Gasteiger partial charge on any atom is -0.339 e. The smallest absolute Gasteiger partial charge is 0.339 e. The Morgan fingerprint density at radius 3 is 2.44 bits per heavy atom. The summed E-state index contributed by atoms with van der Waals surface area (Å²) in [5.74, 6) is -0.273. The number of carbonyl (C=O) groups is 2. The van der Waals surface area contributed by atoms with Crippen LogP contribution in [-0.4, -0.2) is 68.1 Å². The van der Waals surface area contributed by atoms with E-state index in [2.05, 4.69) is 10.2 Å². The van der Waals surface area contributed by atoms with E-state index in [0.717, 1.165) is 13.1 Å². The van der Waals surface area contributed by atoms with Gasteiger partial charge in [-0.15, -0.1) is 0 Å². The van der Waals surface area contributed by atoms with Crippen LogP contribution in [0, 0.1) is 0 Å². The van der Waals surface area contributed by atoms with Crippen molar-refractivity contribution in [1.82, 2.24) is 15.1 Å². The van der Waals surface area contributed by atoms with Crippen LogP contribution in [-0.2, 0) is 14.6 Å². The standard InChI is InChI=1S/C16H20ClN3O4S/c17-12-2-1-3-14(10-12)25(23,24)16(22)18-11-15(21)20-8-6-19(7-9-20)13-4-5-13/h1-3,10,13H,4-9,11H2,(H,18,22). The van der Waals surface area contributed by atoms with Crippen LogP contribution in [0.5, 0.6) is 0 Å². The maximum absolute atomic E-state index is 12.2. The molecular formula is C16H20ClN3O4S. The molecule has 136 valence electrons. The number of rotatable bonds is 4. The summed E-state index contributed by atoms with van der Waals surface area (Å²) in [7, 11) is -4.21. The molecule has 0 spiro atoms. The lowest BCUT2D eigenvalue weighted by Gasteiger charge is -2.34. The molecule has 1 aromatic rings. The van der Waals surface area contributed by atoms with Gasteiger partial charge in [0.1, 0.15) is 0 Å². The van der Waals surface area contributed by atoms with Gasteiger partial charge in [-0.1, -0.05) is 17.7 Å². The summed E-state index contributed by atoms with van der Waals surface area (Å²) in [4.78, 5) is 28.0. The van der Waals surface area contributed by atoms with Crippen LogP contribution >= 0.6 is 11.6 Å². The van der Waals surface area contributed by atoms with E-state index in [1.807, 2.05) is 0 Å². The molecule has 1 aliphatic carbocycles. The first-order valence-corrected chi connectivity index (χ1v) is 10.0. The Balaban J connectivity index is 1.52. The predicted octanol–water partition coefficient (Wildman–Crippen LogP) is 1.13. The van der Waals surface area contributed by atoms with Crippen LogP contribution in [0.1, 0.15) is 12.8 Å². The maximum atomic E-state index is 12.2. The second-order valence-electron chi connectivity index (χ2n) is 6.25. The van der Waals surface area contributed by atoms with E-state index in [4.69, 9.17) is 11.6 Å². The Bertz CT molecular complexity index is 771. The molecular weight excluding hydrogens is 366 g/mol. The first-order valence-electron chi connectivity index (χ1n) is 8.18. The molecule has 9 heteroatoms. The van der Waals surface area contributed by atoms with E-state index in [1.165, 1.54) is 37.1 Å². The fraction of sp³-hybridized carbons (Fsp3) is 0.500. The van der Waals surface area contributed by atoms with Gasteiger partial charge in [-0.25, -0.2) is 8.42 Å². The first kappa shape index (κ1) is 18.2. The number of carbonyl (C=O) groups excluding carboxylic acids is 2. The van der Waals surface area contributed by atoms with Gasteiger partial charge in [0.05, 0.1) is 11.4 Å². The van der Waals surface area contributed by atoms with Gasteiger partial charge in [0.15, 0.2) is 0 Å². The molecule has 1 aromatic carbocycles. The number of halogens is 1. The third-order valence-corrected chi connectivity index (χ3v) is 6.21. The third-order valence-electron chi connectivity index (χ3n) is 4.46. The number of nitrogens with zero attached hydrogens (tertiary/aromatic N) is 2. The molecule has 2 aliphatic rings. The number of piperazine rings is 1. The number of amides is 2. The predicted molar refractivity (Wildman–Crippen MR) is 93.2 cm³/mol. The first-order chi connectivity index (χ1) is 11.9. The lowest BCUT2D eigenvalue weighted by Crippen LogP contribution is -2.51. The molecule has 1 saturated carbocycles. The van der Waals surface area contributed by atoms with E-state index in [9.17, 15) is 18.0 Å². The summed E-state index contributed by atoms with van der Waals surface area (Å²) in [6.45, 7) is 2.52. The fourth-order valence-corrected chi connectivity index (χ4v) is 4.14. The zero-order valence-electron chi connectivity index (χ0n) is 13.7. The summed E-state index contributed by atoms with van der Waals surface area (Å²) >= 11 is 5.76. The molecule has 0 radical (unpaired) electrons. The molecule has 3 rings (SSSR count). The second-order valence-corrected chi connectivity index (χ2v) is 8.54. The van der Waals surface area contributed by atoms with Gasteiger partial charge >= 0.3 is 5.24 Å². The molecule has 1 aliphatic heterocycles. The van der Waals surface area contributed by atoms with Gasteiger partial charge in [-0.05, 0) is 31.0 Å². The van der Waals surface area contributed by atoms with Crippen molar-refractivity contribution in [3.63, 3.8) is 0 Å². The quantitative estimate of drug-likeness (QED) is 0.839. The van der Waals surface area contributed by atoms with Gasteiger partial charge in [0.2, 0.25) is 5.91 Å². The SMILES string of the molecule is O=C(CNC(=O)S(=O)(=O)c1cccc(Cl)c1)N1CCN(C2CC2)CC1. The van der Waals surface area contributed by atoms with Gasteiger partial charge in [0, 0.05) is 37.2 Å². The van der Waals surface area contributed by atoms with Crippen molar-refractivity contribution in [3.05, 3.63) is 29.3 Å². The molecule has 2 fully saturated rings. The van der Waals surface area contributed by atoms with Crippen molar-refractivity contribution in [2.75, 3.05) is 32.7 Å². The summed E-state index contributed by atoms with van der Waals surface area (Å²) < 4.78 is 24.4. The number of hydrogen-bond donors (Lipinski definition) is 1. The molecule has 7 nitrogen and oxygen atoms in total. The van der Waals surface area contributed by atoms with E-state index in [-0.39, 0.29) is 22.4 Å². The van der Waals surface area contributed by atoms with Crippen LogP contribution in [0.4, 0.5) is 4.79 Å². The Kier molecular flexibility index (Phi) is 5.31. The molecule has 0 aromatic heterocycles. The highest BCUT2D eigenvalue weighted by Crippen LogP contribution is 2.27. The van der Waals surface area contributed by atoms with Crippen molar-refractivity contribution in [2.45, 2.75) is 23.8 Å². The summed E-state index contributed by atoms with van der Waals surface area (Å²) in [5.41, 5.74) is 0. The van der Waals surface area contributed by atoms with Gasteiger partial charge in [-0.2, -0.15) is 0 Å². The lowest BCUT2D eigenvalue weighted by atomic mass is 10.3. The highest BCUT2D eigenvalue weighted by atomic mass is 35.5. The molecule has 1 saturated heterocycles. The summed E-state index contributed by atoms with van der Waals surface area (Å²) in [6, 6.07) is 6.13. The van der Waals surface area contributed by atoms with Crippen LogP contribution in [0.25, 0.3) is 0 Å². The number of benzene rings is 1. The number of sulfone groups is 1. The highest BCUT2D eigenvalue weighted by molar-refractivity contribution is 8.06. The van der Waals surface area contributed by atoms with E-state index >= 15 is 0 Å². The second kappa shape index (κ2) is 7.31. The normalized spacial score (nSPS) is 18.8. The largest absolute Gasteiger partial charge is 0.341 e. The molecule has 0 unspecified atom stereocenters.